The smallest absolute Gasteiger partial charge is 0.387 e. The lowest BCUT2D eigenvalue weighted by molar-refractivity contribution is -0.118. The molecule has 202 valence electrons. The van der Waals surface area contributed by atoms with E-state index in [1.165, 1.54) is 17.2 Å². The molecule has 1 saturated heterocycles. The number of nitrogens with zero attached hydrogens (tertiary/aromatic N) is 4. The summed E-state index contributed by atoms with van der Waals surface area (Å²) in [6.45, 7) is 0.819. The number of ether oxygens (including phenoxy) is 1. The maximum atomic E-state index is 11.2. The zero-order chi connectivity index (χ0) is 26.1. The number of hydrogen-bond acceptors (Lipinski definition) is 10. The fraction of sp³-hybridized carbons (Fsp3) is 0.700. The second-order valence-corrected chi connectivity index (χ2v) is 10.4. The maximum Gasteiger partial charge on any atom is 0.469 e. The Bertz CT molecular complexity index is 1040. The molecule has 0 spiro atoms. The predicted octanol–water partition coefficient (Wildman–Crippen LogP) is 0.858. The Morgan fingerprint density at radius 3 is 2.47 bits per heavy atom. The van der Waals surface area contributed by atoms with Crippen LogP contribution in [0.4, 0.5) is 5.82 Å². The minimum absolute atomic E-state index is 0.0758. The van der Waals surface area contributed by atoms with Crippen LogP contribution in [0.15, 0.2) is 12.7 Å². The molecule has 0 radical (unpaired) electrons. The average molecular weight is 642 g/mol. The number of imidazole rings is 1. The lowest BCUT2D eigenvalue weighted by Gasteiger charge is -2.16. The molecule has 0 bridgehead atoms. The summed E-state index contributed by atoms with van der Waals surface area (Å²) in [6, 6.07) is 0. The summed E-state index contributed by atoms with van der Waals surface area (Å²) >= 11 is 2.04. The number of rotatable bonds is 15. The van der Waals surface area contributed by atoms with Crippen molar-refractivity contribution >= 4 is 53.3 Å². The van der Waals surface area contributed by atoms with Gasteiger partial charge in [-0.2, -0.15) is 0 Å². The summed E-state index contributed by atoms with van der Waals surface area (Å²) in [5.74, 6) is 0.603. The predicted molar refractivity (Wildman–Crippen MR) is 137 cm³/mol. The number of hydrogen-bond donors (Lipinski definition) is 6. The van der Waals surface area contributed by atoms with Crippen molar-refractivity contribution in [2.75, 3.05) is 29.4 Å². The Labute approximate surface area is 221 Å². The van der Waals surface area contributed by atoms with Crippen molar-refractivity contribution in [2.45, 2.75) is 63.1 Å². The number of amides is 1. The second-order valence-electron chi connectivity index (χ2n) is 8.41. The highest BCUT2D eigenvalue weighted by Gasteiger charge is 2.45. The van der Waals surface area contributed by atoms with Crippen LogP contribution in [0.2, 0.25) is 0 Å². The van der Waals surface area contributed by atoms with E-state index < -0.39 is 39.0 Å². The van der Waals surface area contributed by atoms with Crippen LogP contribution < -0.4 is 10.6 Å². The van der Waals surface area contributed by atoms with Crippen LogP contribution in [0, 0.1) is 0 Å². The van der Waals surface area contributed by atoms with E-state index in [4.69, 9.17) is 14.5 Å². The molecule has 0 saturated carbocycles. The first-order valence-corrected chi connectivity index (χ1v) is 14.7. The van der Waals surface area contributed by atoms with Gasteiger partial charge in [0.2, 0.25) is 5.91 Å². The third-order valence-electron chi connectivity index (χ3n) is 5.72. The van der Waals surface area contributed by atoms with E-state index in [0.717, 1.165) is 45.1 Å². The number of phosphoric acid groups is 1. The van der Waals surface area contributed by atoms with Gasteiger partial charge in [-0.15, -0.1) is 0 Å². The summed E-state index contributed by atoms with van der Waals surface area (Å²) < 4.78 is 22.9. The van der Waals surface area contributed by atoms with Crippen molar-refractivity contribution < 1.29 is 38.6 Å². The average Bonchev–Trinajstić information content (AvgIpc) is 3.39. The number of nitrogens with one attached hydrogen (secondary N) is 2. The molecule has 16 heteroatoms. The van der Waals surface area contributed by atoms with Crippen LogP contribution in [-0.4, -0.2) is 87.9 Å². The first-order valence-electron chi connectivity index (χ1n) is 11.7. The Balaban J connectivity index is 1.46. The van der Waals surface area contributed by atoms with E-state index in [0.29, 0.717) is 28.0 Å². The molecule has 6 N–H and O–H groups in total. The number of halogens is 1. The molecule has 3 heterocycles. The van der Waals surface area contributed by atoms with Crippen LogP contribution in [0.3, 0.4) is 0 Å². The first kappa shape index (κ1) is 29.1. The van der Waals surface area contributed by atoms with E-state index in [1.54, 1.807) is 0 Å². The Morgan fingerprint density at radius 1 is 1.08 bits per heavy atom. The van der Waals surface area contributed by atoms with Gasteiger partial charge in [0.25, 0.3) is 0 Å². The summed E-state index contributed by atoms with van der Waals surface area (Å²) in [6.07, 6.45) is 3.98. The van der Waals surface area contributed by atoms with Crippen LogP contribution in [-0.2, 0) is 18.6 Å². The number of alkyl halides is 1. The van der Waals surface area contributed by atoms with Gasteiger partial charge in [-0.05, 0) is 12.8 Å². The van der Waals surface area contributed by atoms with E-state index in [-0.39, 0.29) is 5.91 Å². The fourth-order valence-electron chi connectivity index (χ4n) is 3.87. The Kier molecular flexibility index (Phi) is 11.2. The van der Waals surface area contributed by atoms with Gasteiger partial charge in [-0.25, -0.2) is 19.5 Å². The van der Waals surface area contributed by atoms with Gasteiger partial charge in [0, 0.05) is 13.1 Å². The van der Waals surface area contributed by atoms with Gasteiger partial charge in [-0.1, -0.05) is 48.3 Å². The van der Waals surface area contributed by atoms with Gasteiger partial charge in [-0.3, -0.25) is 13.9 Å². The summed E-state index contributed by atoms with van der Waals surface area (Å²) in [5, 5.41) is 26.8. The fourth-order valence-corrected chi connectivity index (χ4v) is 4.48. The normalized spacial score (nSPS) is 22.2. The number of unbranched alkanes of at least 4 members (excludes halogenated alkanes) is 5. The Morgan fingerprint density at radius 2 is 1.78 bits per heavy atom. The monoisotopic (exact) mass is 642 g/mol. The van der Waals surface area contributed by atoms with E-state index in [1.807, 2.05) is 22.6 Å². The van der Waals surface area contributed by atoms with Gasteiger partial charge in [0.05, 0.1) is 17.4 Å². The molecule has 4 atom stereocenters. The van der Waals surface area contributed by atoms with Crippen LogP contribution >= 0.6 is 30.4 Å². The third-order valence-corrected chi connectivity index (χ3v) is 6.89. The number of carbonyl (C=O) groups is 1. The molecule has 3 rings (SSSR count). The number of carbonyl (C=O) groups excluding carboxylic acids is 1. The number of aromatic nitrogens is 4. The Hall–Kier alpha value is -1.46. The highest BCUT2D eigenvalue weighted by Crippen LogP contribution is 2.39. The highest BCUT2D eigenvalue weighted by molar-refractivity contribution is 14.1. The van der Waals surface area contributed by atoms with Crippen molar-refractivity contribution in [1.82, 2.24) is 24.8 Å². The molecule has 36 heavy (non-hydrogen) atoms. The number of fused-ring (bicyclic) bond motifs is 1. The molecule has 2 aromatic heterocycles. The number of aliphatic hydroxyl groups is 2. The highest BCUT2D eigenvalue weighted by atomic mass is 127. The molecule has 1 aliphatic rings. The molecule has 1 fully saturated rings. The lowest BCUT2D eigenvalue weighted by atomic mass is 10.1. The third kappa shape index (κ3) is 8.28. The van der Waals surface area contributed by atoms with Gasteiger partial charge in [0.1, 0.15) is 24.6 Å². The van der Waals surface area contributed by atoms with E-state index >= 15 is 0 Å². The topological polar surface area (TPSA) is 201 Å². The largest absolute Gasteiger partial charge is 0.469 e. The zero-order valence-electron chi connectivity index (χ0n) is 19.6. The summed E-state index contributed by atoms with van der Waals surface area (Å²) in [4.78, 5) is 41.7. The molecule has 0 aliphatic carbocycles. The van der Waals surface area contributed by atoms with E-state index in [9.17, 15) is 19.6 Å². The second kappa shape index (κ2) is 13.9. The molecule has 1 amide bonds. The lowest BCUT2D eigenvalue weighted by Crippen LogP contribution is -2.33. The van der Waals surface area contributed by atoms with E-state index in [2.05, 4.69) is 30.1 Å². The molecule has 0 unspecified atom stereocenters. The molecular formula is C20H32IN6O8P. The summed E-state index contributed by atoms with van der Waals surface area (Å²) in [7, 11) is -4.75. The first-order chi connectivity index (χ1) is 17.2. The number of aliphatic hydroxyl groups excluding tert-OH is 2. The maximum absolute atomic E-state index is 11.2. The molecular weight excluding hydrogens is 610 g/mol. The molecule has 1 aliphatic heterocycles. The van der Waals surface area contributed by atoms with Crippen LogP contribution in [0.5, 0.6) is 0 Å². The summed E-state index contributed by atoms with van der Waals surface area (Å²) in [5.41, 5.74) is 0.834. The van der Waals surface area contributed by atoms with Crippen molar-refractivity contribution in [1.29, 1.82) is 0 Å². The minimum atomic E-state index is -4.75. The van der Waals surface area contributed by atoms with Crippen molar-refractivity contribution in [2.24, 2.45) is 0 Å². The van der Waals surface area contributed by atoms with Gasteiger partial charge in [0.15, 0.2) is 23.2 Å². The van der Waals surface area contributed by atoms with Crippen molar-refractivity contribution in [3.8, 4) is 0 Å². The number of anilines is 1. The quantitative estimate of drug-likeness (QED) is 0.0694. The van der Waals surface area contributed by atoms with Crippen LogP contribution in [0.25, 0.3) is 11.2 Å². The minimum Gasteiger partial charge on any atom is -0.387 e. The molecule has 14 nitrogen and oxygen atoms in total. The number of phosphoric ester groups is 1. The van der Waals surface area contributed by atoms with Gasteiger partial charge >= 0.3 is 7.82 Å². The molecule has 0 aromatic carbocycles. The van der Waals surface area contributed by atoms with Crippen molar-refractivity contribution in [3.63, 3.8) is 0 Å². The standard InChI is InChI=1S/C20H32IN6O8P/c21-9-14(28)22-7-5-3-1-2-4-6-8-23-18-15-19(25-11-24-18)27(12-26-15)20-17(30)16(29)13(35-20)10-34-36(31,32)33/h11-13,16-17,20,29-30H,1-10H2,(H,22,28)(H,23,24,25)(H2,31,32,33)/t13-,16-,17-,20-/m1/s1. The van der Waals surface area contributed by atoms with Crippen LogP contribution in [0.1, 0.15) is 44.8 Å². The zero-order valence-corrected chi connectivity index (χ0v) is 22.6. The van der Waals surface area contributed by atoms with Crippen molar-refractivity contribution in [3.05, 3.63) is 12.7 Å². The van der Waals surface area contributed by atoms with Gasteiger partial charge < -0.3 is 35.4 Å². The SMILES string of the molecule is O=C(CI)NCCCCCCCCNc1ncnc2c1ncn2[C@@H]1O[C@H](COP(=O)(O)O)[C@@H](O)[C@H]1O. The molecule has 2 aromatic rings.